The first-order valence-corrected chi connectivity index (χ1v) is 11.0. The summed E-state index contributed by atoms with van der Waals surface area (Å²) in [4.78, 5) is 17.5. The highest BCUT2D eigenvalue weighted by atomic mass is 19.4. The minimum absolute atomic E-state index is 0.0980. The molecule has 1 heterocycles. The van der Waals surface area contributed by atoms with Gasteiger partial charge in [-0.3, -0.25) is 9.69 Å². The second kappa shape index (κ2) is 9.04. The maximum absolute atomic E-state index is 12.9. The number of carbonyl (C=O) groups is 1. The van der Waals surface area contributed by atoms with Crippen molar-refractivity contribution in [3.8, 4) is 5.75 Å². The average Bonchev–Trinajstić information content (AvgIpc) is 2.68. The number of anilines is 1. The number of benzene rings is 1. The molecule has 1 aromatic carbocycles. The van der Waals surface area contributed by atoms with Crippen LogP contribution in [0.25, 0.3) is 0 Å². The van der Waals surface area contributed by atoms with E-state index in [0.717, 1.165) is 63.6 Å². The number of nitrogens with zero attached hydrogens (tertiary/aromatic N) is 2. The number of nitrogens with one attached hydrogen (secondary N) is 1. The molecule has 0 unspecified atom stereocenters. The van der Waals surface area contributed by atoms with Crippen LogP contribution in [0.15, 0.2) is 24.3 Å². The Bertz CT molecular complexity index is 705. The van der Waals surface area contributed by atoms with Crippen LogP contribution in [0.1, 0.15) is 44.9 Å². The number of alkyl halides is 3. The van der Waals surface area contributed by atoms with Crippen molar-refractivity contribution in [2.45, 2.75) is 63.4 Å². The normalized spacial score (nSPS) is 26.2. The molecule has 0 spiro atoms. The Kier molecular flexibility index (Phi) is 6.41. The Hall–Kier alpha value is -1.96. The summed E-state index contributed by atoms with van der Waals surface area (Å²) in [6.07, 6.45) is 2.77. The van der Waals surface area contributed by atoms with Crippen molar-refractivity contribution in [3.05, 3.63) is 24.3 Å². The Labute approximate surface area is 175 Å². The maximum Gasteiger partial charge on any atom is 0.573 e. The summed E-state index contributed by atoms with van der Waals surface area (Å²) >= 11 is 0. The van der Waals surface area contributed by atoms with Gasteiger partial charge in [0.1, 0.15) is 5.75 Å². The smallest absolute Gasteiger partial charge is 0.406 e. The van der Waals surface area contributed by atoms with Crippen LogP contribution in [-0.2, 0) is 4.79 Å². The molecule has 5 nitrogen and oxygen atoms in total. The van der Waals surface area contributed by atoms with E-state index >= 15 is 0 Å². The van der Waals surface area contributed by atoms with Gasteiger partial charge in [0.15, 0.2) is 0 Å². The summed E-state index contributed by atoms with van der Waals surface area (Å²) in [6.45, 7) is 3.70. The van der Waals surface area contributed by atoms with Gasteiger partial charge in [-0.05, 0) is 62.8 Å². The highest BCUT2D eigenvalue weighted by Gasteiger charge is 2.34. The minimum atomic E-state index is -4.68. The SMILES string of the molecule is O=C([C@H]1CC[C@H](Nc2ccc(OC(F)(F)F)cc2)CC1)N1CCN(C2CCC2)CC1. The molecule has 0 atom stereocenters. The van der Waals surface area contributed by atoms with Crippen molar-refractivity contribution in [1.29, 1.82) is 0 Å². The van der Waals surface area contributed by atoms with E-state index in [1.807, 2.05) is 4.90 Å². The first-order chi connectivity index (χ1) is 14.4. The van der Waals surface area contributed by atoms with Crippen molar-refractivity contribution in [1.82, 2.24) is 9.80 Å². The zero-order chi connectivity index (χ0) is 21.1. The summed E-state index contributed by atoms with van der Waals surface area (Å²) in [5, 5.41) is 3.37. The van der Waals surface area contributed by atoms with Gasteiger partial charge in [-0.2, -0.15) is 0 Å². The van der Waals surface area contributed by atoms with Crippen LogP contribution in [0.2, 0.25) is 0 Å². The number of amides is 1. The molecule has 1 saturated heterocycles. The lowest BCUT2D eigenvalue weighted by Gasteiger charge is -2.44. The molecule has 1 amide bonds. The van der Waals surface area contributed by atoms with Crippen LogP contribution in [0.5, 0.6) is 5.75 Å². The molecule has 30 heavy (non-hydrogen) atoms. The molecule has 0 bridgehead atoms. The Morgan fingerprint density at radius 3 is 2.10 bits per heavy atom. The van der Waals surface area contributed by atoms with E-state index in [1.54, 1.807) is 12.1 Å². The third-order valence-electron chi connectivity index (χ3n) is 6.75. The van der Waals surface area contributed by atoms with Gasteiger partial charge in [0.2, 0.25) is 5.91 Å². The molecular weight excluding hydrogens is 395 g/mol. The molecule has 1 N–H and O–H groups in total. The van der Waals surface area contributed by atoms with E-state index < -0.39 is 6.36 Å². The van der Waals surface area contributed by atoms with Crippen LogP contribution in [0.4, 0.5) is 18.9 Å². The number of ether oxygens (including phenoxy) is 1. The number of halogens is 3. The zero-order valence-corrected chi connectivity index (χ0v) is 17.2. The fourth-order valence-electron chi connectivity index (χ4n) is 4.79. The van der Waals surface area contributed by atoms with Crippen molar-refractivity contribution in [2.24, 2.45) is 5.92 Å². The van der Waals surface area contributed by atoms with Crippen molar-refractivity contribution >= 4 is 11.6 Å². The highest BCUT2D eigenvalue weighted by molar-refractivity contribution is 5.79. The van der Waals surface area contributed by atoms with E-state index in [4.69, 9.17) is 0 Å². The number of rotatable bonds is 5. The van der Waals surface area contributed by atoms with Crippen molar-refractivity contribution < 1.29 is 22.7 Å². The third kappa shape index (κ3) is 5.39. The summed E-state index contributed by atoms with van der Waals surface area (Å²) in [6, 6.07) is 6.80. The third-order valence-corrected chi connectivity index (χ3v) is 6.75. The molecule has 1 aliphatic heterocycles. The lowest BCUT2D eigenvalue weighted by atomic mass is 9.84. The van der Waals surface area contributed by atoms with Gasteiger partial charge in [-0.25, -0.2) is 0 Å². The monoisotopic (exact) mass is 425 g/mol. The van der Waals surface area contributed by atoms with E-state index in [2.05, 4.69) is 15.0 Å². The highest BCUT2D eigenvalue weighted by Crippen LogP contribution is 2.31. The van der Waals surface area contributed by atoms with Crippen LogP contribution < -0.4 is 10.1 Å². The average molecular weight is 425 g/mol. The molecule has 166 valence electrons. The molecule has 8 heteroatoms. The van der Waals surface area contributed by atoms with Crippen LogP contribution >= 0.6 is 0 Å². The molecule has 2 saturated carbocycles. The summed E-state index contributed by atoms with van der Waals surface area (Å²) in [5.74, 6) is 0.177. The van der Waals surface area contributed by atoms with Gasteiger partial charge in [0.05, 0.1) is 0 Å². The summed E-state index contributed by atoms with van der Waals surface area (Å²) in [5.41, 5.74) is 0.770. The van der Waals surface area contributed by atoms with E-state index in [1.165, 1.54) is 31.4 Å². The number of hydrogen-bond acceptors (Lipinski definition) is 4. The van der Waals surface area contributed by atoms with E-state index in [0.29, 0.717) is 5.91 Å². The molecule has 2 aliphatic carbocycles. The van der Waals surface area contributed by atoms with Gasteiger partial charge >= 0.3 is 6.36 Å². The number of hydrogen-bond donors (Lipinski definition) is 1. The Morgan fingerprint density at radius 1 is 0.933 bits per heavy atom. The number of carbonyl (C=O) groups excluding carboxylic acids is 1. The predicted molar refractivity (Wildman–Crippen MR) is 108 cm³/mol. The molecule has 0 radical (unpaired) electrons. The van der Waals surface area contributed by atoms with E-state index in [-0.39, 0.29) is 17.7 Å². The fourth-order valence-corrected chi connectivity index (χ4v) is 4.79. The number of piperazine rings is 1. The first-order valence-electron chi connectivity index (χ1n) is 11.0. The van der Waals surface area contributed by atoms with Gasteiger partial charge < -0.3 is 15.0 Å². The zero-order valence-electron chi connectivity index (χ0n) is 17.2. The van der Waals surface area contributed by atoms with Gasteiger partial charge in [0, 0.05) is 49.9 Å². The van der Waals surface area contributed by atoms with Crippen molar-refractivity contribution in [2.75, 3.05) is 31.5 Å². The van der Waals surface area contributed by atoms with Gasteiger partial charge in [-0.1, -0.05) is 6.42 Å². The lowest BCUT2D eigenvalue weighted by molar-refractivity contribution is -0.274. The second-order valence-corrected chi connectivity index (χ2v) is 8.71. The van der Waals surface area contributed by atoms with Crippen LogP contribution in [-0.4, -0.2) is 60.3 Å². The van der Waals surface area contributed by atoms with Gasteiger partial charge in [-0.15, -0.1) is 13.2 Å². The summed E-state index contributed by atoms with van der Waals surface area (Å²) in [7, 11) is 0. The second-order valence-electron chi connectivity index (χ2n) is 8.71. The van der Waals surface area contributed by atoms with Crippen molar-refractivity contribution in [3.63, 3.8) is 0 Å². The molecule has 3 aliphatic rings. The maximum atomic E-state index is 12.9. The molecule has 0 aromatic heterocycles. The Balaban J connectivity index is 1.20. The molecule has 1 aromatic rings. The standard InChI is InChI=1S/C22H30F3N3O2/c23-22(24,25)30-20-10-8-18(9-11-20)26-17-6-4-16(5-7-17)21(29)28-14-12-27(13-15-28)19-2-1-3-19/h8-11,16-17,19,26H,1-7,12-15H2/t16-,17-. The molecular formula is C22H30F3N3O2. The van der Waals surface area contributed by atoms with E-state index in [9.17, 15) is 18.0 Å². The van der Waals surface area contributed by atoms with Crippen LogP contribution in [0.3, 0.4) is 0 Å². The fraction of sp³-hybridized carbons (Fsp3) is 0.682. The quantitative estimate of drug-likeness (QED) is 0.766. The Morgan fingerprint density at radius 2 is 1.57 bits per heavy atom. The molecule has 4 rings (SSSR count). The largest absolute Gasteiger partial charge is 0.573 e. The van der Waals surface area contributed by atoms with Crippen LogP contribution in [0, 0.1) is 5.92 Å². The first kappa shape index (κ1) is 21.3. The van der Waals surface area contributed by atoms with Gasteiger partial charge in [0.25, 0.3) is 0 Å². The molecule has 3 fully saturated rings. The lowest BCUT2D eigenvalue weighted by Crippen LogP contribution is -2.54. The predicted octanol–water partition coefficient (Wildman–Crippen LogP) is 4.25. The topological polar surface area (TPSA) is 44.8 Å². The summed E-state index contributed by atoms with van der Waals surface area (Å²) < 4.78 is 40.7. The minimum Gasteiger partial charge on any atom is -0.406 e.